The van der Waals surface area contributed by atoms with Gasteiger partial charge in [0.25, 0.3) is 0 Å². The summed E-state index contributed by atoms with van der Waals surface area (Å²) in [5.74, 6) is 0.772. The molecule has 2 heteroatoms. The van der Waals surface area contributed by atoms with Gasteiger partial charge in [0, 0.05) is 24.3 Å². The summed E-state index contributed by atoms with van der Waals surface area (Å²) in [7, 11) is 0. The van der Waals surface area contributed by atoms with Crippen molar-refractivity contribution in [1.82, 2.24) is 0 Å². The van der Waals surface area contributed by atoms with Gasteiger partial charge in [-0.3, -0.25) is 0 Å². The van der Waals surface area contributed by atoms with Crippen LogP contribution in [0.4, 0.5) is 5.69 Å². The van der Waals surface area contributed by atoms with Gasteiger partial charge < -0.3 is 10.6 Å². The minimum absolute atomic E-state index is 0.237. The van der Waals surface area contributed by atoms with Crippen LogP contribution in [0, 0.1) is 12.8 Å². The van der Waals surface area contributed by atoms with Crippen molar-refractivity contribution in [3.8, 4) is 0 Å². The largest absolute Gasteiger partial charge is 0.368 e. The molecule has 1 aromatic rings. The van der Waals surface area contributed by atoms with Crippen LogP contribution < -0.4 is 10.6 Å². The zero-order chi connectivity index (χ0) is 14.7. The van der Waals surface area contributed by atoms with E-state index in [9.17, 15) is 0 Å². The molecule has 0 amide bonds. The molecule has 2 rings (SSSR count). The first-order valence-electron chi connectivity index (χ1n) is 8.09. The Morgan fingerprint density at radius 1 is 1.25 bits per heavy atom. The smallest absolute Gasteiger partial charge is 0.0398 e. The fraction of sp³-hybridized carbons (Fsp3) is 0.667. The van der Waals surface area contributed by atoms with Crippen molar-refractivity contribution in [2.45, 2.75) is 65.5 Å². The minimum Gasteiger partial charge on any atom is -0.368 e. The molecule has 0 spiro atoms. The lowest BCUT2D eigenvalue weighted by Crippen LogP contribution is -2.28. The molecule has 0 radical (unpaired) electrons. The zero-order valence-electron chi connectivity index (χ0n) is 13.5. The Kier molecular flexibility index (Phi) is 5.09. The van der Waals surface area contributed by atoms with E-state index in [1.54, 1.807) is 0 Å². The van der Waals surface area contributed by atoms with Crippen LogP contribution in [0.15, 0.2) is 18.2 Å². The number of nitrogens with zero attached hydrogens (tertiary/aromatic N) is 1. The second-order valence-electron chi connectivity index (χ2n) is 6.91. The predicted octanol–water partition coefficient (Wildman–Crippen LogP) is 3.90. The van der Waals surface area contributed by atoms with Crippen molar-refractivity contribution in [3.63, 3.8) is 0 Å². The molecule has 20 heavy (non-hydrogen) atoms. The molecule has 1 atom stereocenters. The van der Waals surface area contributed by atoms with E-state index in [0.717, 1.165) is 18.4 Å². The summed E-state index contributed by atoms with van der Waals surface area (Å²) in [5, 5.41) is 0. The average Bonchev–Trinajstić information content (AvgIpc) is 3.15. The molecule has 1 aromatic carbocycles. The van der Waals surface area contributed by atoms with E-state index in [2.05, 4.69) is 50.8 Å². The van der Waals surface area contributed by atoms with Gasteiger partial charge in [0.15, 0.2) is 0 Å². The first-order valence-corrected chi connectivity index (χ1v) is 8.09. The molecule has 0 aliphatic heterocycles. The first-order chi connectivity index (χ1) is 9.47. The fourth-order valence-corrected chi connectivity index (χ4v) is 2.82. The number of anilines is 1. The molecule has 0 aromatic heterocycles. The van der Waals surface area contributed by atoms with Crippen LogP contribution in [0.5, 0.6) is 0 Å². The number of nitrogens with two attached hydrogens (primary N) is 1. The minimum atomic E-state index is 0.237. The van der Waals surface area contributed by atoms with Gasteiger partial charge in [0.2, 0.25) is 0 Å². The lowest BCUT2D eigenvalue weighted by molar-refractivity contribution is 0.570. The Bertz CT molecular complexity index is 433. The third kappa shape index (κ3) is 4.24. The van der Waals surface area contributed by atoms with Crippen LogP contribution in [0.1, 0.15) is 51.2 Å². The van der Waals surface area contributed by atoms with E-state index in [1.807, 2.05) is 0 Å². The average molecular weight is 274 g/mol. The van der Waals surface area contributed by atoms with Gasteiger partial charge in [-0.05, 0) is 62.6 Å². The third-order valence-electron chi connectivity index (χ3n) is 4.06. The Morgan fingerprint density at radius 3 is 2.45 bits per heavy atom. The van der Waals surface area contributed by atoms with Gasteiger partial charge in [-0.25, -0.2) is 0 Å². The maximum Gasteiger partial charge on any atom is 0.0398 e. The highest BCUT2D eigenvalue weighted by Gasteiger charge is 2.29. The summed E-state index contributed by atoms with van der Waals surface area (Å²) in [4.78, 5) is 2.63. The summed E-state index contributed by atoms with van der Waals surface area (Å²) in [5.41, 5.74) is 10.1. The molecular weight excluding hydrogens is 244 g/mol. The Labute approximate surface area is 124 Å². The van der Waals surface area contributed by atoms with E-state index in [-0.39, 0.29) is 6.04 Å². The normalized spacial score (nSPS) is 16.5. The van der Waals surface area contributed by atoms with E-state index in [1.165, 1.54) is 42.6 Å². The van der Waals surface area contributed by atoms with E-state index >= 15 is 0 Å². The molecule has 1 fully saturated rings. The van der Waals surface area contributed by atoms with Crippen LogP contribution in [-0.4, -0.2) is 18.6 Å². The molecule has 0 heterocycles. The summed E-state index contributed by atoms with van der Waals surface area (Å²) < 4.78 is 0. The standard InChI is InChI=1S/C18H30N2/c1-13(2)9-10-20(17-6-7-17)18-8-5-16(11-14(18)3)12-15(4)19/h5,8,11,13,15,17H,6-7,9-10,12,19H2,1-4H3. The maximum absolute atomic E-state index is 5.90. The Balaban J connectivity index is 2.12. The fourth-order valence-electron chi connectivity index (χ4n) is 2.82. The molecule has 2 N–H and O–H groups in total. The quantitative estimate of drug-likeness (QED) is 0.817. The van der Waals surface area contributed by atoms with E-state index in [0.29, 0.717) is 0 Å². The van der Waals surface area contributed by atoms with E-state index in [4.69, 9.17) is 5.73 Å². The molecule has 1 aliphatic rings. The number of aryl methyl sites for hydroxylation is 1. The highest BCUT2D eigenvalue weighted by Crippen LogP contribution is 2.34. The molecule has 0 saturated heterocycles. The Hall–Kier alpha value is -1.02. The van der Waals surface area contributed by atoms with Crippen LogP contribution in [0.3, 0.4) is 0 Å². The zero-order valence-corrected chi connectivity index (χ0v) is 13.5. The molecule has 112 valence electrons. The van der Waals surface area contributed by atoms with Gasteiger partial charge in [-0.2, -0.15) is 0 Å². The van der Waals surface area contributed by atoms with Crippen molar-refractivity contribution < 1.29 is 0 Å². The molecule has 1 unspecified atom stereocenters. The van der Waals surface area contributed by atoms with E-state index < -0.39 is 0 Å². The van der Waals surface area contributed by atoms with Crippen LogP contribution in [-0.2, 0) is 6.42 Å². The van der Waals surface area contributed by atoms with Crippen LogP contribution in [0.25, 0.3) is 0 Å². The third-order valence-corrected chi connectivity index (χ3v) is 4.06. The number of hydrogen-bond donors (Lipinski definition) is 1. The lowest BCUT2D eigenvalue weighted by atomic mass is 10.0. The van der Waals surface area contributed by atoms with Gasteiger partial charge in [0.1, 0.15) is 0 Å². The highest BCUT2D eigenvalue weighted by molar-refractivity contribution is 5.56. The molecule has 1 saturated carbocycles. The van der Waals surface area contributed by atoms with Gasteiger partial charge in [-0.1, -0.05) is 26.0 Å². The predicted molar refractivity (Wildman–Crippen MR) is 88.4 cm³/mol. The first kappa shape index (κ1) is 15.4. The Morgan fingerprint density at radius 2 is 1.95 bits per heavy atom. The number of hydrogen-bond acceptors (Lipinski definition) is 2. The molecule has 0 bridgehead atoms. The molecule has 1 aliphatic carbocycles. The number of benzene rings is 1. The number of rotatable bonds is 7. The lowest BCUT2D eigenvalue weighted by Gasteiger charge is -2.27. The SMILES string of the molecule is Cc1cc(CC(C)N)ccc1N(CCC(C)C)C1CC1. The molecular formula is C18H30N2. The summed E-state index contributed by atoms with van der Waals surface area (Å²) in [6.07, 6.45) is 4.96. The van der Waals surface area contributed by atoms with Crippen LogP contribution in [0.2, 0.25) is 0 Å². The molecule has 2 nitrogen and oxygen atoms in total. The van der Waals surface area contributed by atoms with Crippen LogP contribution >= 0.6 is 0 Å². The van der Waals surface area contributed by atoms with Gasteiger partial charge in [0.05, 0.1) is 0 Å². The van der Waals surface area contributed by atoms with Crippen molar-refractivity contribution in [3.05, 3.63) is 29.3 Å². The van der Waals surface area contributed by atoms with Crippen molar-refractivity contribution in [1.29, 1.82) is 0 Å². The van der Waals surface area contributed by atoms with Crippen molar-refractivity contribution >= 4 is 5.69 Å². The van der Waals surface area contributed by atoms with Crippen molar-refractivity contribution in [2.24, 2.45) is 11.7 Å². The second-order valence-corrected chi connectivity index (χ2v) is 6.91. The van der Waals surface area contributed by atoms with Crippen molar-refractivity contribution in [2.75, 3.05) is 11.4 Å². The van der Waals surface area contributed by atoms with Gasteiger partial charge in [-0.15, -0.1) is 0 Å². The maximum atomic E-state index is 5.90. The summed E-state index contributed by atoms with van der Waals surface area (Å²) in [6, 6.07) is 7.92. The summed E-state index contributed by atoms with van der Waals surface area (Å²) in [6.45, 7) is 10.1. The second kappa shape index (κ2) is 6.62. The topological polar surface area (TPSA) is 29.3 Å². The summed E-state index contributed by atoms with van der Waals surface area (Å²) >= 11 is 0. The van der Waals surface area contributed by atoms with Gasteiger partial charge >= 0.3 is 0 Å². The highest BCUT2D eigenvalue weighted by atomic mass is 15.2. The monoisotopic (exact) mass is 274 g/mol.